The molecule has 4 rings (SSSR count). The molecule has 1 fully saturated rings. The van der Waals surface area contributed by atoms with Crippen LogP contribution in [0.25, 0.3) is 0 Å². The normalized spacial score (nSPS) is 24.8. The summed E-state index contributed by atoms with van der Waals surface area (Å²) in [4.78, 5) is 0. The third-order valence-corrected chi connectivity index (χ3v) is 4.75. The lowest BCUT2D eigenvalue weighted by atomic mass is 9.97. The molecule has 0 spiro atoms. The Morgan fingerprint density at radius 3 is 2.81 bits per heavy atom. The molecule has 1 aliphatic carbocycles. The van der Waals surface area contributed by atoms with Crippen molar-refractivity contribution < 1.29 is 9.84 Å². The molecule has 2 aromatic carbocycles. The van der Waals surface area contributed by atoms with Crippen molar-refractivity contribution in [1.29, 1.82) is 0 Å². The van der Waals surface area contributed by atoms with Gasteiger partial charge in [-0.3, -0.25) is 0 Å². The van der Waals surface area contributed by atoms with Gasteiger partial charge in [0.25, 0.3) is 0 Å². The molecule has 1 aliphatic heterocycles. The summed E-state index contributed by atoms with van der Waals surface area (Å²) < 4.78 is 5.64. The maximum Gasteiger partial charge on any atom is 0.122 e. The van der Waals surface area contributed by atoms with E-state index >= 15 is 0 Å². The second-order valence-corrected chi connectivity index (χ2v) is 6.18. The summed E-state index contributed by atoms with van der Waals surface area (Å²) in [7, 11) is 0. The SMILES string of the molecule is OC(c1ccc2c(c1)CCCO2)C1CC1c1ccccc1. The zero-order valence-electron chi connectivity index (χ0n) is 12.0. The first-order chi connectivity index (χ1) is 10.3. The molecule has 2 aliphatic rings. The quantitative estimate of drug-likeness (QED) is 0.925. The fourth-order valence-corrected chi connectivity index (χ4v) is 3.46. The molecule has 21 heavy (non-hydrogen) atoms. The number of benzene rings is 2. The van der Waals surface area contributed by atoms with Crippen LogP contribution in [0.3, 0.4) is 0 Å². The van der Waals surface area contributed by atoms with Crippen molar-refractivity contribution in [2.75, 3.05) is 6.61 Å². The first-order valence-electron chi connectivity index (χ1n) is 7.81. The van der Waals surface area contributed by atoms with Gasteiger partial charge in [-0.25, -0.2) is 0 Å². The van der Waals surface area contributed by atoms with Crippen molar-refractivity contribution in [3.05, 3.63) is 65.2 Å². The molecule has 108 valence electrons. The summed E-state index contributed by atoms with van der Waals surface area (Å²) in [5, 5.41) is 10.7. The number of fused-ring (bicyclic) bond motifs is 1. The highest BCUT2D eigenvalue weighted by Crippen LogP contribution is 2.54. The standard InChI is InChI=1S/C19H20O2/c20-19(17-12-16(17)13-5-2-1-3-6-13)15-8-9-18-14(11-15)7-4-10-21-18/h1-3,5-6,8-9,11,16-17,19-20H,4,7,10,12H2. The Bertz CT molecular complexity index is 635. The number of aliphatic hydroxyl groups is 1. The van der Waals surface area contributed by atoms with Crippen LogP contribution in [0.1, 0.15) is 41.6 Å². The van der Waals surface area contributed by atoms with Gasteiger partial charge in [-0.2, -0.15) is 0 Å². The molecule has 0 amide bonds. The molecule has 3 atom stereocenters. The van der Waals surface area contributed by atoms with Gasteiger partial charge >= 0.3 is 0 Å². The predicted molar refractivity (Wildman–Crippen MR) is 82.5 cm³/mol. The Balaban J connectivity index is 1.52. The van der Waals surface area contributed by atoms with Gasteiger partial charge in [0, 0.05) is 0 Å². The number of rotatable bonds is 3. The van der Waals surface area contributed by atoms with E-state index in [1.165, 1.54) is 11.1 Å². The van der Waals surface area contributed by atoms with Crippen LogP contribution < -0.4 is 4.74 Å². The van der Waals surface area contributed by atoms with Crippen LogP contribution in [0.4, 0.5) is 0 Å². The van der Waals surface area contributed by atoms with Crippen LogP contribution in [0.2, 0.25) is 0 Å². The van der Waals surface area contributed by atoms with Crippen molar-refractivity contribution in [3.63, 3.8) is 0 Å². The molecule has 1 N–H and O–H groups in total. The van der Waals surface area contributed by atoms with E-state index in [2.05, 4.69) is 30.3 Å². The Morgan fingerprint density at radius 2 is 1.95 bits per heavy atom. The van der Waals surface area contributed by atoms with E-state index in [0.717, 1.165) is 37.2 Å². The average Bonchev–Trinajstić information content (AvgIpc) is 3.35. The topological polar surface area (TPSA) is 29.5 Å². The number of aryl methyl sites for hydroxylation is 1. The summed E-state index contributed by atoms with van der Waals surface area (Å²) in [5.41, 5.74) is 3.64. The maximum absolute atomic E-state index is 10.7. The first-order valence-corrected chi connectivity index (χ1v) is 7.81. The molecule has 0 radical (unpaired) electrons. The number of hydrogen-bond acceptors (Lipinski definition) is 2. The third kappa shape index (κ3) is 2.44. The average molecular weight is 280 g/mol. The van der Waals surface area contributed by atoms with Crippen molar-refractivity contribution in [3.8, 4) is 5.75 Å². The summed E-state index contributed by atoms with van der Waals surface area (Å²) in [5.74, 6) is 1.86. The first kappa shape index (κ1) is 12.9. The Morgan fingerprint density at radius 1 is 1.10 bits per heavy atom. The van der Waals surface area contributed by atoms with Crippen molar-refractivity contribution in [2.45, 2.75) is 31.3 Å². The van der Waals surface area contributed by atoms with E-state index in [9.17, 15) is 5.11 Å². The van der Waals surface area contributed by atoms with Gasteiger partial charge in [0.05, 0.1) is 12.7 Å². The van der Waals surface area contributed by atoms with Gasteiger partial charge in [0.1, 0.15) is 5.75 Å². The highest BCUT2D eigenvalue weighted by atomic mass is 16.5. The molecule has 1 heterocycles. The predicted octanol–water partition coefficient (Wildman–Crippen LogP) is 3.85. The minimum atomic E-state index is -0.359. The van der Waals surface area contributed by atoms with Crippen molar-refractivity contribution >= 4 is 0 Å². The van der Waals surface area contributed by atoms with Gasteiger partial charge in [-0.05, 0) is 59.9 Å². The molecule has 2 nitrogen and oxygen atoms in total. The second kappa shape index (κ2) is 5.19. The zero-order valence-corrected chi connectivity index (χ0v) is 12.0. The van der Waals surface area contributed by atoms with Crippen LogP contribution >= 0.6 is 0 Å². The van der Waals surface area contributed by atoms with Crippen LogP contribution in [-0.4, -0.2) is 11.7 Å². The van der Waals surface area contributed by atoms with E-state index in [1.807, 2.05) is 18.2 Å². The van der Waals surface area contributed by atoms with E-state index in [0.29, 0.717) is 11.8 Å². The monoisotopic (exact) mass is 280 g/mol. The summed E-state index contributed by atoms with van der Waals surface area (Å²) >= 11 is 0. The van der Waals surface area contributed by atoms with E-state index in [4.69, 9.17) is 4.74 Å². The summed E-state index contributed by atoms with van der Waals surface area (Å²) in [6.07, 6.45) is 2.85. The fraction of sp³-hybridized carbons (Fsp3) is 0.368. The molecule has 2 aromatic rings. The maximum atomic E-state index is 10.7. The second-order valence-electron chi connectivity index (χ2n) is 6.18. The summed E-state index contributed by atoms with van der Waals surface area (Å²) in [6.45, 7) is 0.813. The van der Waals surface area contributed by atoms with E-state index in [1.54, 1.807) is 0 Å². The van der Waals surface area contributed by atoms with Gasteiger partial charge in [0.2, 0.25) is 0 Å². The lowest BCUT2D eigenvalue weighted by Gasteiger charge is -2.19. The smallest absolute Gasteiger partial charge is 0.122 e. The highest BCUT2D eigenvalue weighted by Gasteiger charge is 2.43. The van der Waals surface area contributed by atoms with Gasteiger partial charge in [-0.15, -0.1) is 0 Å². The Hall–Kier alpha value is -1.80. The molecule has 0 saturated heterocycles. The van der Waals surface area contributed by atoms with Crippen LogP contribution in [0.15, 0.2) is 48.5 Å². The Kier molecular flexibility index (Phi) is 3.19. The largest absolute Gasteiger partial charge is 0.493 e. The van der Waals surface area contributed by atoms with Gasteiger partial charge in [0.15, 0.2) is 0 Å². The number of ether oxygens (including phenoxy) is 1. The lowest BCUT2D eigenvalue weighted by Crippen LogP contribution is -2.10. The van der Waals surface area contributed by atoms with E-state index < -0.39 is 0 Å². The molecule has 1 saturated carbocycles. The number of aliphatic hydroxyl groups excluding tert-OH is 1. The van der Waals surface area contributed by atoms with Crippen molar-refractivity contribution in [2.24, 2.45) is 5.92 Å². The molecular formula is C19H20O2. The summed E-state index contributed by atoms with van der Waals surface area (Å²) in [6, 6.07) is 16.7. The molecule has 2 heteroatoms. The third-order valence-electron chi connectivity index (χ3n) is 4.75. The Labute approximate surface area is 125 Å². The molecule has 0 bridgehead atoms. The molecule has 0 aromatic heterocycles. The lowest BCUT2D eigenvalue weighted by molar-refractivity contribution is 0.151. The highest BCUT2D eigenvalue weighted by molar-refractivity contribution is 5.40. The zero-order chi connectivity index (χ0) is 14.2. The number of hydrogen-bond donors (Lipinski definition) is 1. The van der Waals surface area contributed by atoms with Gasteiger partial charge < -0.3 is 9.84 Å². The molecule has 3 unspecified atom stereocenters. The fourth-order valence-electron chi connectivity index (χ4n) is 3.46. The van der Waals surface area contributed by atoms with Gasteiger partial charge in [-0.1, -0.05) is 36.4 Å². The van der Waals surface area contributed by atoms with E-state index in [-0.39, 0.29) is 6.10 Å². The minimum Gasteiger partial charge on any atom is -0.493 e. The van der Waals surface area contributed by atoms with Crippen LogP contribution in [0, 0.1) is 5.92 Å². The minimum absolute atomic E-state index is 0.356. The van der Waals surface area contributed by atoms with Crippen molar-refractivity contribution in [1.82, 2.24) is 0 Å². The molecular weight excluding hydrogens is 260 g/mol. The van der Waals surface area contributed by atoms with Crippen LogP contribution in [0.5, 0.6) is 5.75 Å². The van der Waals surface area contributed by atoms with Crippen LogP contribution in [-0.2, 0) is 6.42 Å².